The molecule has 1 atom stereocenters. The summed E-state index contributed by atoms with van der Waals surface area (Å²) in [5, 5.41) is 12.9. The summed E-state index contributed by atoms with van der Waals surface area (Å²) in [6, 6.07) is 9.66. The zero-order chi connectivity index (χ0) is 24.6. The van der Waals surface area contributed by atoms with Gasteiger partial charge in [-0.25, -0.2) is 8.42 Å². The van der Waals surface area contributed by atoms with Crippen LogP contribution < -0.4 is 19.5 Å². The van der Waals surface area contributed by atoms with Crippen molar-refractivity contribution in [2.45, 2.75) is 31.8 Å². The summed E-state index contributed by atoms with van der Waals surface area (Å²) in [7, 11) is -0.722. The number of hydrogen-bond donors (Lipinski definition) is 2. The van der Waals surface area contributed by atoms with Crippen molar-refractivity contribution in [2.24, 2.45) is 0 Å². The Kier molecular flexibility index (Phi) is 9.51. The maximum absolute atomic E-state index is 12.9. The number of aryl methyl sites for hydroxylation is 1. The van der Waals surface area contributed by atoms with Gasteiger partial charge in [-0.15, -0.1) is 0 Å². The first-order chi connectivity index (χ1) is 15.7. The molecule has 0 aliphatic heterocycles. The zero-order valence-electron chi connectivity index (χ0n) is 19.6. The van der Waals surface area contributed by atoms with Crippen molar-refractivity contribution in [2.75, 3.05) is 40.5 Å². The average Bonchev–Trinajstić information content (AvgIpc) is 2.81. The fourth-order valence-electron chi connectivity index (χ4n) is 3.23. The second kappa shape index (κ2) is 11.9. The van der Waals surface area contributed by atoms with Gasteiger partial charge in [-0.3, -0.25) is 4.79 Å². The summed E-state index contributed by atoms with van der Waals surface area (Å²) in [6.45, 7) is 5.66. The lowest BCUT2D eigenvalue weighted by molar-refractivity contribution is 0.0833. The Hall–Kier alpha value is -2.82. The Morgan fingerprint density at radius 1 is 1.09 bits per heavy atom. The lowest BCUT2D eigenvalue weighted by atomic mass is 10.1. The summed E-state index contributed by atoms with van der Waals surface area (Å²) in [6.07, 6.45) is -1.02. The van der Waals surface area contributed by atoms with E-state index in [2.05, 4.69) is 5.32 Å². The van der Waals surface area contributed by atoms with E-state index in [4.69, 9.17) is 14.2 Å². The molecule has 0 aliphatic carbocycles. The summed E-state index contributed by atoms with van der Waals surface area (Å²) >= 11 is 0. The van der Waals surface area contributed by atoms with Gasteiger partial charge in [-0.1, -0.05) is 26.0 Å². The van der Waals surface area contributed by atoms with Gasteiger partial charge in [0.1, 0.15) is 12.7 Å². The molecule has 0 heterocycles. The van der Waals surface area contributed by atoms with E-state index in [0.29, 0.717) is 35.9 Å². The minimum Gasteiger partial charge on any atom is -0.493 e. The van der Waals surface area contributed by atoms with Gasteiger partial charge < -0.3 is 24.6 Å². The number of aliphatic hydroxyl groups excluding tert-OH is 1. The third kappa shape index (κ3) is 6.37. The Morgan fingerprint density at radius 3 is 2.24 bits per heavy atom. The van der Waals surface area contributed by atoms with Gasteiger partial charge in [0.05, 0.1) is 19.1 Å². The molecular weight excluding hydrogens is 448 g/mol. The van der Waals surface area contributed by atoms with E-state index < -0.39 is 22.0 Å². The highest BCUT2D eigenvalue weighted by Gasteiger charge is 2.25. The number of carbonyl (C=O) groups excluding carboxylic acids is 1. The van der Waals surface area contributed by atoms with Crippen LogP contribution in [0.4, 0.5) is 0 Å². The standard InChI is InChI=1S/C23H32N2O7S/c1-6-25(7-2)33(28,29)21-13-17(12-11-16(21)3)23(27)24-14-18(26)15-32-22-19(30-4)9-8-10-20(22)31-5/h8-13,18,26H,6-7,14-15H2,1-5H3,(H,24,27). The molecule has 9 nitrogen and oxygen atoms in total. The fraction of sp³-hybridized carbons (Fsp3) is 0.435. The molecule has 0 aromatic heterocycles. The molecule has 1 amide bonds. The number of aliphatic hydroxyl groups is 1. The minimum absolute atomic E-state index is 0.0889. The molecule has 33 heavy (non-hydrogen) atoms. The van der Waals surface area contributed by atoms with Crippen LogP contribution in [0.5, 0.6) is 17.2 Å². The zero-order valence-corrected chi connectivity index (χ0v) is 20.4. The molecule has 10 heteroatoms. The molecule has 0 aliphatic rings. The molecule has 0 saturated heterocycles. The Labute approximate surface area is 195 Å². The predicted octanol–water partition coefficient (Wildman–Crippen LogP) is 2.21. The number of nitrogens with one attached hydrogen (secondary N) is 1. The number of sulfonamides is 1. The van der Waals surface area contributed by atoms with Gasteiger partial charge >= 0.3 is 0 Å². The number of rotatable bonds is 12. The molecule has 2 aromatic carbocycles. The lowest BCUT2D eigenvalue weighted by Gasteiger charge is -2.20. The highest BCUT2D eigenvalue weighted by atomic mass is 32.2. The van der Waals surface area contributed by atoms with E-state index in [1.807, 2.05) is 0 Å². The Bertz CT molecular complexity index is 1030. The number of ether oxygens (including phenoxy) is 3. The lowest BCUT2D eigenvalue weighted by Crippen LogP contribution is -2.35. The quantitative estimate of drug-likeness (QED) is 0.479. The van der Waals surface area contributed by atoms with Gasteiger partial charge in [0.15, 0.2) is 11.5 Å². The number of nitrogens with zero attached hydrogens (tertiary/aromatic N) is 1. The van der Waals surface area contributed by atoms with Crippen LogP contribution in [0, 0.1) is 6.92 Å². The molecule has 182 valence electrons. The number of para-hydroxylation sites is 1. The summed E-state index contributed by atoms with van der Waals surface area (Å²) in [5.41, 5.74) is 0.739. The minimum atomic E-state index is -3.71. The molecule has 0 bridgehead atoms. The van der Waals surface area contributed by atoms with Crippen molar-refractivity contribution in [3.63, 3.8) is 0 Å². The topological polar surface area (TPSA) is 114 Å². The number of methoxy groups -OCH3 is 2. The maximum atomic E-state index is 12.9. The van der Waals surface area contributed by atoms with E-state index in [1.54, 1.807) is 51.1 Å². The second-order valence-corrected chi connectivity index (χ2v) is 9.14. The van der Waals surface area contributed by atoms with Gasteiger partial charge in [-0.2, -0.15) is 4.31 Å². The first-order valence-corrected chi connectivity index (χ1v) is 12.0. The van der Waals surface area contributed by atoms with Crippen molar-refractivity contribution in [3.8, 4) is 17.2 Å². The number of benzene rings is 2. The predicted molar refractivity (Wildman–Crippen MR) is 125 cm³/mol. The van der Waals surface area contributed by atoms with Crippen LogP contribution in [-0.4, -0.2) is 70.3 Å². The average molecular weight is 481 g/mol. The van der Waals surface area contributed by atoms with Crippen molar-refractivity contribution >= 4 is 15.9 Å². The highest BCUT2D eigenvalue weighted by molar-refractivity contribution is 7.89. The van der Waals surface area contributed by atoms with E-state index >= 15 is 0 Å². The number of amides is 1. The van der Waals surface area contributed by atoms with Gasteiger partial charge in [0.2, 0.25) is 15.8 Å². The van der Waals surface area contributed by atoms with Crippen LogP contribution in [0.2, 0.25) is 0 Å². The summed E-state index contributed by atoms with van der Waals surface area (Å²) in [5.74, 6) is 0.747. The second-order valence-electron chi connectivity index (χ2n) is 7.24. The highest BCUT2D eigenvalue weighted by Crippen LogP contribution is 2.36. The van der Waals surface area contributed by atoms with Crippen molar-refractivity contribution in [3.05, 3.63) is 47.5 Å². The van der Waals surface area contributed by atoms with Crippen LogP contribution in [0.3, 0.4) is 0 Å². The Morgan fingerprint density at radius 2 is 1.70 bits per heavy atom. The van der Waals surface area contributed by atoms with Gasteiger partial charge in [0.25, 0.3) is 5.91 Å². The Balaban J connectivity index is 2.05. The molecule has 0 saturated carbocycles. The van der Waals surface area contributed by atoms with Crippen LogP contribution in [-0.2, 0) is 10.0 Å². The van der Waals surface area contributed by atoms with E-state index in [0.717, 1.165) is 0 Å². The molecule has 0 fully saturated rings. The van der Waals surface area contributed by atoms with Crippen molar-refractivity contribution < 1.29 is 32.5 Å². The normalized spacial score (nSPS) is 12.3. The summed E-state index contributed by atoms with van der Waals surface area (Å²) < 4.78 is 43.3. The van der Waals surface area contributed by atoms with Crippen molar-refractivity contribution in [1.82, 2.24) is 9.62 Å². The smallest absolute Gasteiger partial charge is 0.251 e. The molecular formula is C23H32N2O7S. The molecule has 2 rings (SSSR count). The third-order valence-corrected chi connectivity index (χ3v) is 7.27. The maximum Gasteiger partial charge on any atom is 0.251 e. The van der Waals surface area contributed by atoms with E-state index in [1.165, 1.54) is 24.6 Å². The summed E-state index contributed by atoms with van der Waals surface area (Å²) in [4.78, 5) is 12.7. The molecule has 0 spiro atoms. The van der Waals surface area contributed by atoms with Gasteiger partial charge in [0, 0.05) is 25.2 Å². The molecule has 0 radical (unpaired) electrons. The van der Waals surface area contributed by atoms with Crippen molar-refractivity contribution in [1.29, 1.82) is 0 Å². The monoisotopic (exact) mass is 480 g/mol. The molecule has 2 aromatic rings. The van der Waals surface area contributed by atoms with E-state index in [9.17, 15) is 18.3 Å². The SMILES string of the molecule is CCN(CC)S(=O)(=O)c1cc(C(=O)NCC(O)COc2c(OC)cccc2OC)ccc1C. The molecule has 1 unspecified atom stereocenters. The first kappa shape index (κ1) is 26.4. The van der Waals surface area contributed by atoms with E-state index in [-0.39, 0.29) is 23.6 Å². The van der Waals surface area contributed by atoms with Gasteiger partial charge in [-0.05, 0) is 36.8 Å². The first-order valence-electron chi connectivity index (χ1n) is 10.6. The largest absolute Gasteiger partial charge is 0.493 e. The third-order valence-electron chi connectivity index (χ3n) is 5.07. The van der Waals surface area contributed by atoms with Crippen LogP contribution in [0.1, 0.15) is 29.8 Å². The van der Waals surface area contributed by atoms with Crippen LogP contribution in [0.15, 0.2) is 41.3 Å². The van der Waals surface area contributed by atoms with Crippen LogP contribution >= 0.6 is 0 Å². The fourth-order valence-corrected chi connectivity index (χ4v) is 4.94. The number of hydrogen-bond acceptors (Lipinski definition) is 7. The number of carbonyl (C=O) groups is 1. The molecule has 2 N–H and O–H groups in total. The van der Waals surface area contributed by atoms with Crippen LogP contribution in [0.25, 0.3) is 0 Å².